The fourth-order valence-electron chi connectivity index (χ4n) is 3.48. The van der Waals surface area contributed by atoms with Gasteiger partial charge in [-0.2, -0.15) is 0 Å². The molecule has 1 aromatic heterocycles. The molecule has 104 valence electrons. The molecule has 1 aromatic rings. The first-order valence-electron chi connectivity index (χ1n) is 6.71. The molecule has 3 rings (SSSR count). The topological polar surface area (TPSA) is 85.1 Å². The van der Waals surface area contributed by atoms with E-state index in [2.05, 4.69) is 16.5 Å². The van der Waals surface area contributed by atoms with Crippen LogP contribution >= 0.6 is 0 Å². The second-order valence-electron chi connectivity index (χ2n) is 5.55. The summed E-state index contributed by atoms with van der Waals surface area (Å²) in [4.78, 5) is 4.47. The van der Waals surface area contributed by atoms with Crippen molar-refractivity contribution in [3.05, 3.63) is 29.6 Å². The third kappa shape index (κ3) is 2.40. The van der Waals surface area contributed by atoms with Crippen molar-refractivity contribution in [3.8, 4) is 0 Å². The monoisotopic (exact) mass is 281 g/mol. The van der Waals surface area contributed by atoms with Crippen LogP contribution in [0, 0.1) is 5.92 Å². The second-order valence-corrected chi connectivity index (χ2v) is 7.78. The fraction of sp³-hybridized carbons (Fsp3) is 0.615. The molecule has 3 N–H and O–H groups in total. The van der Waals surface area contributed by atoms with E-state index < -0.39 is 9.84 Å². The average Bonchev–Trinajstić information content (AvgIpc) is 2.95. The van der Waals surface area contributed by atoms with Crippen molar-refractivity contribution in [1.82, 2.24) is 10.4 Å². The van der Waals surface area contributed by atoms with E-state index in [1.54, 1.807) is 6.20 Å². The normalized spacial score (nSPS) is 30.2. The number of aromatic nitrogens is 1. The summed E-state index contributed by atoms with van der Waals surface area (Å²) in [7, 11) is -2.87. The molecule has 5 nitrogen and oxygen atoms in total. The highest BCUT2D eigenvalue weighted by Gasteiger charge is 2.40. The van der Waals surface area contributed by atoms with Crippen LogP contribution in [0.2, 0.25) is 0 Å². The van der Waals surface area contributed by atoms with E-state index in [4.69, 9.17) is 5.84 Å². The molecule has 2 aliphatic rings. The predicted molar refractivity (Wildman–Crippen MR) is 73.2 cm³/mol. The number of nitrogens with zero attached hydrogens (tertiary/aromatic N) is 1. The largest absolute Gasteiger partial charge is 0.271 e. The third-order valence-corrected chi connectivity index (χ3v) is 6.20. The lowest BCUT2D eigenvalue weighted by molar-refractivity contribution is 0.327. The van der Waals surface area contributed by atoms with Crippen molar-refractivity contribution in [2.75, 3.05) is 11.5 Å². The van der Waals surface area contributed by atoms with Gasteiger partial charge in [-0.3, -0.25) is 16.3 Å². The molecule has 0 saturated carbocycles. The number of aryl methyl sites for hydroxylation is 1. The standard InChI is InChI=1S/C13H19N3O2S/c14-16-13(10-5-7-19(17,18)8-10)11-4-3-9-2-1-6-15-12(9)11/h1-2,6,10-11,13,16H,3-5,7-8,14H2. The number of hydrazine groups is 1. The van der Waals surface area contributed by atoms with Crippen molar-refractivity contribution in [2.45, 2.75) is 31.2 Å². The molecule has 0 spiro atoms. The van der Waals surface area contributed by atoms with Gasteiger partial charge in [0.2, 0.25) is 0 Å². The highest BCUT2D eigenvalue weighted by Crippen LogP contribution is 2.38. The van der Waals surface area contributed by atoms with Gasteiger partial charge in [0.15, 0.2) is 9.84 Å². The van der Waals surface area contributed by atoms with Gasteiger partial charge in [-0.25, -0.2) is 8.42 Å². The quantitative estimate of drug-likeness (QED) is 0.618. The Morgan fingerprint density at radius 2 is 2.26 bits per heavy atom. The minimum Gasteiger partial charge on any atom is -0.271 e. The molecule has 1 saturated heterocycles. The Morgan fingerprint density at radius 3 is 2.95 bits per heavy atom. The number of rotatable bonds is 3. The summed E-state index contributed by atoms with van der Waals surface area (Å²) in [6, 6.07) is 4.06. The van der Waals surface area contributed by atoms with Crippen molar-refractivity contribution >= 4 is 9.84 Å². The minimum absolute atomic E-state index is 0.00780. The van der Waals surface area contributed by atoms with Crippen LogP contribution in [0.3, 0.4) is 0 Å². The Kier molecular flexibility index (Phi) is 3.32. The first-order valence-corrected chi connectivity index (χ1v) is 8.53. The molecule has 6 heteroatoms. The maximum atomic E-state index is 11.6. The molecule has 3 atom stereocenters. The summed E-state index contributed by atoms with van der Waals surface area (Å²) in [5, 5.41) is 0. The lowest BCUT2D eigenvalue weighted by Gasteiger charge is -2.27. The first kappa shape index (κ1) is 13.0. The third-order valence-electron chi connectivity index (χ3n) is 4.40. The van der Waals surface area contributed by atoms with E-state index in [0.29, 0.717) is 6.42 Å². The summed E-state index contributed by atoms with van der Waals surface area (Å²) in [6.07, 6.45) is 4.51. The number of hydrogen-bond acceptors (Lipinski definition) is 5. The van der Waals surface area contributed by atoms with E-state index in [-0.39, 0.29) is 29.4 Å². The Labute approximate surface area is 113 Å². The Balaban J connectivity index is 1.85. The summed E-state index contributed by atoms with van der Waals surface area (Å²) >= 11 is 0. The van der Waals surface area contributed by atoms with E-state index in [0.717, 1.165) is 18.5 Å². The number of nitrogens with one attached hydrogen (secondary N) is 1. The summed E-state index contributed by atoms with van der Waals surface area (Å²) in [5.74, 6) is 6.59. The van der Waals surface area contributed by atoms with Crippen LogP contribution in [0.1, 0.15) is 30.0 Å². The molecule has 0 bridgehead atoms. The van der Waals surface area contributed by atoms with Crippen LogP contribution in [0.15, 0.2) is 18.3 Å². The molecule has 0 amide bonds. The van der Waals surface area contributed by atoms with Crippen molar-refractivity contribution < 1.29 is 8.42 Å². The number of nitrogens with two attached hydrogens (primary N) is 1. The van der Waals surface area contributed by atoms with Gasteiger partial charge in [-0.05, 0) is 36.8 Å². The zero-order chi connectivity index (χ0) is 13.5. The molecule has 19 heavy (non-hydrogen) atoms. The van der Waals surface area contributed by atoms with Crippen LogP contribution in [-0.4, -0.2) is 30.9 Å². The minimum atomic E-state index is -2.87. The zero-order valence-electron chi connectivity index (χ0n) is 10.7. The van der Waals surface area contributed by atoms with Crippen LogP contribution in [0.25, 0.3) is 0 Å². The molecule has 1 fully saturated rings. The van der Waals surface area contributed by atoms with E-state index in [1.165, 1.54) is 5.56 Å². The van der Waals surface area contributed by atoms with Gasteiger partial charge in [0.1, 0.15) is 0 Å². The lowest BCUT2D eigenvalue weighted by atomic mass is 9.86. The molecule has 1 aliphatic heterocycles. The van der Waals surface area contributed by atoms with Gasteiger partial charge in [0, 0.05) is 23.9 Å². The smallest absolute Gasteiger partial charge is 0.150 e. The van der Waals surface area contributed by atoms with Crippen molar-refractivity contribution in [2.24, 2.45) is 11.8 Å². The van der Waals surface area contributed by atoms with Crippen LogP contribution in [0.4, 0.5) is 0 Å². The number of sulfone groups is 1. The second kappa shape index (κ2) is 4.85. The van der Waals surface area contributed by atoms with E-state index in [9.17, 15) is 8.42 Å². The first-order chi connectivity index (χ1) is 9.11. The fourth-order valence-corrected chi connectivity index (χ4v) is 5.34. The van der Waals surface area contributed by atoms with Crippen molar-refractivity contribution in [3.63, 3.8) is 0 Å². The average molecular weight is 281 g/mol. The van der Waals surface area contributed by atoms with Gasteiger partial charge in [-0.15, -0.1) is 0 Å². The van der Waals surface area contributed by atoms with Crippen LogP contribution < -0.4 is 11.3 Å². The van der Waals surface area contributed by atoms with Gasteiger partial charge < -0.3 is 0 Å². The molecule has 0 radical (unpaired) electrons. The molecular formula is C13H19N3O2S. The summed E-state index contributed by atoms with van der Waals surface area (Å²) < 4.78 is 23.3. The maximum absolute atomic E-state index is 11.6. The van der Waals surface area contributed by atoms with E-state index >= 15 is 0 Å². The Bertz CT molecular complexity index is 573. The summed E-state index contributed by atoms with van der Waals surface area (Å²) in [6.45, 7) is 0. The zero-order valence-corrected chi connectivity index (χ0v) is 11.6. The predicted octanol–water partition coefficient (Wildman–Crippen LogP) is 0.378. The molecule has 3 unspecified atom stereocenters. The highest BCUT2D eigenvalue weighted by atomic mass is 32.2. The molecule has 1 aliphatic carbocycles. The highest BCUT2D eigenvalue weighted by molar-refractivity contribution is 7.91. The number of hydrogen-bond donors (Lipinski definition) is 2. The van der Waals surface area contributed by atoms with E-state index in [1.807, 2.05) is 6.07 Å². The molecular weight excluding hydrogens is 262 g/mol. The molecule has 2 heterocycles. The van der Waals surface area contributed by atoms with Gasteiger partial charge in [0.05, 0.1) is 11.5 Å². The van der Waals surface area contributed by atoms with Crippen LogP contribution in [0.5, 0.6) is 0 Å². The van der Waals surface area contributed by atoms with Gasteiger partial charge in [0.25, 0.3) is 0 Å². The van der Waals surface area contributed by atoms with Crippen molar-refractivity contribution in [1.29, 1.82) is 0 Å². The number of pyridine rings is 1. The van der Waals surface area contributed by atoms with Crippen LogP contribution in [-0.2, 0) is 16.3 Å². The number of fused-ring (bicyclic) bond motifs is 1. The lowest BCUT2D eigenvalue weighted by Crippen LogP contribution is -2.45. The SMILES string of the molecule is NNC(C1CCS(=O)(=O)C1)C1CCc2cccnc21. The Hall–Kier alpha value is -0.980. The summed E-state index contributed by atoms with van der Waals surface area (Å²) in [5.41, 5.74) is 5.22. The Morgan fingerprint density at radius 1 is 1.42 bits per heavy atom. The van der Waals surface area contributed by atoms with Gasteiger partial charge in [-0.1, -0.05) is 6.07 Å². The molecule has 0 aromatic carbocycles. The van der Waals surface area contributed by atoms with Gasteiger partial charge >= 0.3 is 0 Å². The maximum Gasteiger partial charge on any atom is 0.150 e.